The number of hydrogen-bond donors (Lipinski definition) is 1. The summed E-state index contributed by atoms with van der Waals surface area (Å²) in [5.41, 5.74) is 5.21. The van der Waals surface area contributed by atoms with Gasteiger partial charge in [0, 0.05) is 12.5 Å². The number of nitrogens with two attached hydrogens (primary N) is 1. The second-order valence-corrected chi connectivity index (χ2v) is 1.98. The van der Waals surface area contributed by atoms with Gasteiger partial charge in [-0.25, -0.2) is 0 Å². The molecule has 0 aliphatic heterocycles. The molecule has 1 unspecified atom stereocenters. The molecule has 0 saturated carbocycles. The number of hydrogen-bond acceptors (Lipinski definition) is 2. The van der Waals surface area contributed by atoms with Gasteiger partial charge in [0.25, 0.3) is 0 Å². The van der Waals surface area contributed by atoms with E-state index in [0.29, 0.717) is 6.54 Å². The Morgan fingerprint density at radius 2 is 2.44 bits per heavy atom. The van der Waals surface area contributed by atoms with Gasteiger partial charge in [-0.3, -0.25) is 4.79 Å². The lowest BCUT2D eigenvalue weighted by atomic mass is 10.1. The summed E-state index contributed by atoms with van der Waals surface area (Å²) in [6, 6.07) is 0. The van der Waals surface area contributed by atoms with Crippen LogP contribution in [0.15, 0.2) is 0 Å². The summed E-state index contributed by atoms with van der Waals surface area (Å²) in [5.74, 6) is 2.25. The van der Waals surface area contributed by atoms with Gasteiger partial charge >= 0.3 is 0 Å². The van der Waals surface area contributed by atoms with Gasteiger partial charge in [-0.1, -0.05) is 12.8 Å². The van der Waals surface area contributed by atoms with E-state index in [4.69, 9.17) is 12.2 Å². The van der Waals surface area contributed by atoms with Gasteiger partial charge in [0.2, 0.25) is 0 Å². The van der Waals surface area contributed by atoms with Crippen molar-refractivity contribution in [2.75, 3.05) is 6.54 Å². The maximum Gasteiger partial charge on any atom is 0.148 e. The van der Waals surface area contributed by atoms with Crippen LogP contribution in [0.3, 0.4) is 0 Å². The Balaban J connectivity index is 3.62. The minimum atomic E-state index is -0.0824. The molecule has 0 saturated heterocycles. The molecule has 2 heteroatoms. The highest BCUT2D eigenvalue weighted by atomic mass is 16.1. The van der Waals surface area contributed by atoms with Crippen LogP contribution in [-0.2, 0) is 4.79 Å². The lowest BCUT2D eigenvalue weighted by molar-refractivity contribution is -0.121. The normalized spacial score (nSPS) is 12.1. The average molecular weight is 125 g/mol. The third-order valence-corrected chi connectivity index (χ3v) is 1.18. The Morgan fingerprint density at radius 3 is 2.78 bits per heavy atom. The summed E-state index contributed by atoms with van der Waals surface area (Å²) in [7, 11) is 0. The Labute approximate surface area is 55.4 Å². The minimum Gasteiger partial charge on any atom is -0.330 e. The molecule has 9 heavy (non-hydrogen) atoms. The third kappa shape index (κ3) is 2.89. The number of rotatable bonds is 3. The fourth-order valence-corrected chi connectivity index (χ4v) is 0.406. The van der Waals surface area contributed by atoms with Crippen LogP contribution < -0.4 is 5.73 Å². The van der Waals surface area contributed by atoms with Crippen molar-refractivity contribution in [3.05, 3.63) is 0 Å². The first-order valence-corrected chi connectivity index (χ1v) is 2.88. The molecule has 2 nitrogen and oxygen atoms in total. The molecule has 0 radical (unpaired) electrons. The summed E-state index contributed by atoms with van der Waals surface area (Å²) >= 11 is 0. The fourth-order valence-electron chi connectivity index (χ4n) is 0.406. The first-order chi connectivity index (χ1) is 4.22. The zero-order valence-electron chi connectivity index (χ0n) is 5.55. The van der Waals surface area contributed by atoms with Gasteiger partial charge in [0.05, 0.1) is 6.42 Å². The average Bonchev–Trinajstić information content (AvgIpc) is 1.87. The lowest BCUT2D eigenvalue weighted by Crippen LogP contribution is -2.19. The second-order valence-electron chi connectivity index (χ2n) is 1.98. The first kappa shape index (κ1) is 8.19. The maximum atomic E-state index is 10.8. The summed E-state index contributed by atoms with van der Waals surface area (Å²) in [4.78, 5) is 10.8. The largest absolute Gasteiger partial charge is 0.330 e. The van der Waals surface area contributed by atoms with E-state index in [2.05, 4.69) is 5.92 Å². The van der Waals surface area contributed by atoms with Crippen LogP contribution in [0.5, 0.6) is 0 Å². The van der Waals surface area contributed by atoms with Crippen molar-refractivity contribution in [1.82, 2.24) is 0 Å². The number of terminal acetylenes is 1. The van der Waals surface area contributed by atoms with Crippen LogP contribution >= 0.6 is 0 Å². The monoisotopic (exact) mass is 125 g/mol. The number of carbonyl (C=O) groups is 1. The molecule has 0 aromatic heterocycles. The Kier molecular flexibility index (Phi) is 3.74. The smallest absolute Gasteiger partial charge is 0.148 e. The molecule has 0 aliphatic rings. The van der Waals surface area contributed by atoms with Crippen molar-refractivity contribution in [3.63, 3.8) is 0 Å². The lowest BCUT2D eigenvalue weighted by Gasteiger charge is -2.01. The molecule has 1 atom stereocenters. The molecule has 0 rings (SSSR count). The molecule has 50 valence electrons. The van der Waals surface area contributed by atoms with E-state index < -0.39 is 0 Å². The maximum absolute atomic E-state index is 10.8. The number of ketones is 1. The summed E-state index contributed by atoms with van der Waals surface area (Å²) < 4.78 is 0. The molecule has 0 spiro atoms. The van der Waals surface area contributed by atoms with Gasteiger partial charge < -0.3 is 5.73 Å². The van der Waals surface area contributed by atoms with Crippen molar-refractivity contribution < 1.29 is 4.79 Å². The molecule has 0 aliphatic carbocycles. The van der Waals surface area contributed by atoms with E-state index in [-0.39, 0.29) is 18.1 Å². The molecule has 0 aromatic rings. The van der Waals surface area contributed by atoms with Crippen LogP contribution in [-0.4, -0.2) is 12.3 Å². The van der Waals surface area contributed by atoms with Gasteiger partial charge in [-0.05, 0) is 0 Å². The van der Waals surface area contributed by atoms with Crippen molar-refractivity contribution in [2.24, 2.45) is 11.7 Å². The van der Waals surface area contributed by atoms with Crippen LogP contribution in [0, 0.1) is 18.3 Å². The predicted octanol–water partition coefficient (Wildman–Crippen LogP) is 0.174. The van der Waals surface area contributed by atoms with Crippen LogP contribution in [0.25, 0.3) is 0 Å². The standard InChI is InChI=1S/C7H11NO/c1-3-4-7(9)6(2)5-8/h1,6H,4-5,8H2,2H3. The third-order valence-electron chi connectivity index (χ3n) is 1.18. The highest BCUT2D eigenvalue weighted by Gasteiger charge is 2.07. The quantitative estimate of drug-likeness (QED) is 0.546. The molecule has 0 fully saturated rings. The second kappa shape index (κ2) is 4.11. The number of carbonyl (C=O) groups excluding carboxylic acids is 1. The SMILES string of the molecule is C#CCC(=O)C(C)CN. The van der Waals surface area contributed by atoms with E-state index in [1.54, 1.807) is 6.92 Å². The predicted molar refractivity (Wildman–Crippen MR) is 36.7 cm³/mol. The summed E-state index contributed by atoms with van der Waals surface area (Å²) in [6.45, 7) is 2.17. The molecule has 0 bridgehead atoms. The Bertz CT molecular complexity index is 134. The van der Waals surface area contributed by atoms with Gasteiger partial charge in [0.15, 0.2) is 0 Å². The molecule has 0 aromatic carbocycles. The molecule has 0 heterocycles. The van der Waals surface area contributed by atoms with Crippen molar-refractivity contribution in [2.45, 2.75) is 13.3 Å². The van der Waals surface area contributed by atoms with Crippen molar-refractivity contribution in [3.8, 4) is 12.3 Å². The number of Topliss-reactive ketones (excluding diaryl/α,β-unsaturated/α-hetero) is 1. The first-order valence-electron chi connectivity index (χ1n) is 2.88. The van der Waals surface area contributed by atoms with Crippen molar-refractivity contribution >= 4 is 5.78 Å². The Hall–Kier alpha value is -0.810. The van der Waals surface area contributed by atoms with E-state index in [1.165, 1.54) is 0 Å². The zero-order valence-corrected chi connectivity index (χ0v) is 5.55. The highest BCUT2D eigenvalue weighted by molar-refractivity contribution is 5.82. The summed E-state index contributed by atoms with van der Waals surface area (Å²) in [6.07, 6.45) is 5.12. The molecule has 2 N–H and O–H groups in total. The van der Waals surface area contributed by atoms with Gasteiger partial charge in [0.1, 0.15) is 5.78 Å². The van der Waals surface area contributed by atoms with Crippen LogP contribution in [0.2, 0.25) is 0 Å². The van der Waals surface area contributed by atoms with E-state index in [0.717, 1.165) is 0 Å². The molecular weight excluding hydrogens is 114 g/mol. The van der Waals surface area contributed by atoms with Crippen LogP contribution in [0.1, 0.15) is 13.3 Å². The Morgan fingerprint density at radius 1 is 1.89 bits per heavy atom. The van der Waals surface area contributed by atoms with E-state index >= 15 is 0 Å². The topological polar surface area (TPSA) is 43.1 Å². The van der Waals surface area contributed by atoms with Gasteiger partial charge in [-0.2, -0.15) is 0 Å². The fraction of sp³-hybridized carbons (Fsp3) is 0.571. The molecule has 0 amide bonds. The van der Waals surface area contributed by atoms with Crippen molar-refractivity contribution in [1.29, 1.82) is 0 Å². The van der Waals surface area contributed by atoms with E-state index in [9.17, 15) is 4.79 Å². The van der Waals surface area contributed by atoms with E-state index in [1.807, 2.05) is 0 Å². The highest BCUT2D eigenvalue weighted by Crippen LogP contribution is 1.95. The van der Waals surface area contributed by atoms with Gasteiger partial charge in [-0.15, -0.1) is 6.42 Å². The minimum absolute atomic E-state index is 0.0556. The zero-order chi connectivity index (χ0) is 7.28. The van der Waals surface area contributed by atoms with Crippen LogP contribution in [0.4, 0.5) is 0 Å². The summed E-state index contributed by atoms with van der Waals surface area (Å²) in [5, 5.41) is 0. The molecular formula is C7H11NO.